The number of hydrogen-bond acceptors (Lipinski definition) is 2. The third kappa shape index (κ3) is 2.57. The lowest BCUT2D eigenvalue weighted by atomic mass is 10.00. The first kappa shape index (κ1) is 10.2. The minimum Gasteiger partial charge on any atom is -0.328 e. The van der Waals surface area contributed by atoms with Gasteiger partial charge in [0, 0.05) is 15.4 Å². The zero-order valence-electron chi connectivity index (χ0n) is 7.38. The van der Waals surface area contributed by atoms with Gasteiger partial charge in [-0.1, -0.05) is 6.92 Å². The van der Waals surface area contributed by atoms with E-state index in [2.05, 4.69) is 41.2 Å². The molecule has 3 heteroatoms. The Labute approximate surface area is 86.1 Å². The van der Waals surface area contributed by atoms with E-state index >= 15 is 0 Å². The molecule has 12 heavy (non-hydrogen) atoms. The van der Waals surface area contributed by atoms with E-state index in [-0.39, 0.29) is 6.04 Å². The van der Waals surface area contributed by atoms with Crippen LogP contribution in [0, 0.1) is 5.92 Å². The van der Waals surface area contributed by atoms with Crippen LogP contribution in [0.1, 0.15) is 18.7 Å². The summed E-state index contributed by atoms with van der Waals surface area (Å²) in [5, 5.41) is 2.10. The Morgan fingerprint density at radius 1 is 1.58 bits per heavy atom. The lowest BCUT2D eigenvalue weighted by Crippen LogP contribution is -2.25. The largest absolute Gasteiger partial charge is 0.328 e. The summed E-state index contributed by atoms with van der Waals surface area (Å²) in [7, 11) is 0. The molecule has 2 atom stereocenters. The molecule has 0 aliphatic carbocycles. The molecule has 0 aliphatic heterocycles. The monoisotopic (exact) mass is 247 g/mol. The summed E-state index contributed by atoms with van der Waals surface area (Å²) in [4.78, 5) is 1.40. The quantitative estimate of drug-likeness (QED) is 0.874. The Kier molecular flexibility index (Phi) is 3.75. The summed E-state index contributed by atoms with van der Waals surface area (Å²) >= 11 is 5.31. The highest BCUT2D eigenvalue weighted by Gasteiger charge is 2.10. The molecule has 0 spiro atoms. The van der Waals surface area contributed by atoms with E-state index < -0.39 is 0 Å². The maximum atomic E-state index is 5.79. The summed E-state index contributed by atoms with van der Waals surface area (Å²) in [5.74, 6) is 0.556. The molecule has 0 saturated carbocycles. The number of rotatable bonds is 3. The molecule has 0 aromatic carbocycles. The van der Waals surface area contributed by atoms with Crippen LogP contribution in [0.3, 0.4) is 0 Å². The van der Waals surface area contributed by atoms with Gasteiger partial charge in [0.1, 0.15) is 0 Å². The maximum absolute atomic E-state index is 5.79. The molecule has 1 aromatic heterocycles. The molecule has 1 aromatic rings. The average molecular weight is 248 g/mol. The minimum atomic E-state index is 0.277. The molecule has 0 aliphatic rings. The first-order valence-electron chi connectivity index (χ1n) is 4.08. The molecular formula is C9H14BrNS. The van der Waals surface area contributed by atoms with E-state index in [4.69, 9.17) is 5.73 Å². The van der Waals surface area contributed by atoms with Crippen LogP contribution in [0.4, 0.5) is 0 Å². The number of thiophene rings is 1. The van der Waals surface area contributed by atoms with Crippen LogP contribution < -0.4 is 5.73 Å². The lowest BCUT2D eigenvalue weighted by molar-refractivity contribution is 0.484. The standard InChI is InChI=1S/C9H14BrNS/c1-6(7(2)11)5-9-8(10)3-4-12-9/h3-4,6-7H,5,11H2,1-2H3. The van der Waals surface area contributed by atoms with Gasteiger partial charge >= 0.3 is 0 Å². The second-order valence-electron chi connectivity index (χ2n) is 3.23. The van der Waals surface area contributed by atoms with Crippen molar-refractivity contribution in [2.45, 2.75) is 26.3 Å². The highest BCUT2D eigenvalue weighted by Crippen LogP contribution is 2.25. The van der Waals surface area contributed by atoms with Crippen molar-refractivity contribution in [2.75, 3.05) is 0 Å². The average Bonchev–Trinajstić information content (AvgIpc) is 2.36. The highest BCUT2D eigenvalue weighted by atomic mass is 79.9. The molecule has 1 nitrogen and oxygen atoms in total. The normalized spacial score (nSPS) is 16.0. The van der Waals surface area contributed by atoms with E-state index in [1.165, 1.54) is 9.35 Å². The molecule has 1 rings (SSSR count). The molecular weight excluding hydrogens is 234 g/mol. The molecule has 68 valence electrons. The summed E-state index contributed by atoms with van der Waals surface area (Å²) in [5.41, 5.74) is 5.79. The van der Waals surface area contributed by atoms with Gasteiger partial charge in [-0.25, -0.2) is 0 Å². The van der Waals surface area contributed by atoms with Gasteiger partial charge in [0.05, 0.1) is 0 Å². The van der Waals surface area contributed by atoms with E-state index in [0.717, 1.165) is 6.42 Å². The van der Waals surface area contributed by atoms with Gasteiger partial charge < -0.3 is 5.73 Å². The highest BCUT2D eigenvalue weighted by molar-refractivity contribution is 9.10. The Hall–Kier alpha value is 0.140. The molecule has 2 N–H and O–H groups in total. The van der Waals surface area contributed by atoms with Gasteiger partial charge in [0.25, 0.3) is 0 Å². The Morgan fingerprint density at radius 2 is 2.25 bits per heavy atom. The van der Waals surface area contributed by atoms with Crippen molar-refractivity contribution in [2.24, 2.45) is 11.7 Å². The molecule has 2 unspecified atom stereocenters. The second kappa shape index (κ2) is 4.40. The predicted molar refractivity (Wildman–Crippen MR) is 58.5 cm³/mol. The summed E-state index contributed by atoms with van der Waals surface area (Å²) in [6.45, 7) is 4.25. The van der Waals surface area contributed by atoms with E-state index in [1.54, 1.807) is 11.3 Å². The topological polar surface area (TPSA) is 26.0 Å². The van der Waals surface area contributed by atoms with Gasteiger partial charge in [0.2, 0.25) is 0 Å². The van der Waals surface area contributed by atoms with E-state index in [0.29, 0.717) is 5.92 Å². The molecule has 0 saturated heterocycles. The van der Waals surface area contributed by atoms with Gasteiger partial charge in [-0.05, 0) is 46.6 Å². The van der Waals surface area contributed by atoms with Crippen LogP contribution in [0.15, 0.2) is 15.9 Å². The Morgan fingerprint density at radius 3 is 2.67 bits per heavy atom. The van der Waals surface area contributed by atoms with Crippen molar-refractivity contribution >= 4 is 27.3 Å². The van der Waals surface area contributed by atoms with Crippen molar-refractivity contribution in [3.63, 3.8) is 0 Å². The maximum Gasteiger partial charge on any atom is 0.0314 e. The van der Waals surface area contributed by atoms with Crippen molar-refractivity contribution in [1.82, 2.24) is 0 Å². The van der Waals surface area contributed by atoms with E-state index in [1.807, 2.05) is 0 Å². The molecule has 1 heterocycles. The van der Waals surface area contributed by atoms with Crippen LogP contribution >= 0.6 is 27.3 Å². The lowest BCUT2D eigenvalue weighted by Gasteiger charge is -2.14. The Bertz CT molecular complexity index is 244. The predicted octanol–water partition coefficient (Wildman–Crippen LogP) is 3.04. The fraction of sp³-hybridized carbons (Fsp3) is 0.556. The van der Waals surface area contributed by atoms with Gasteiger partial charge in [-0.15, -0.1) is 11.3 Å². The number of hydrogen-bond donors (Lipinski definition) is 1. The molecule has 0 fully saturated rings. The zero-order chi connectivity index (χ0) is 9.14. The Balaban J connectivity index is 2.58. The van der Waals surface area contributed by atoms with Crippen LogP contribution in [0.25, 0.3) is 0 Å². The van der Waals surface area contributed by atoms with Gasteiger partial charge in [0.15, 0.2) is 0 Å². The van der Waals surface area contributed by atoms with Crippen LogP contribution in [-0.4, -0.2) is 6.04 Å². The van der Waals surface area contributed by atoms with Crippen molar-refractivity contribution in [3.8, 4) is 0 Å². The van der Waals surface area contributed by atoms with Gasteiger partial charge in [-0.2, -0.15) is 0 Å². The van der Waals surface area contributed by atoms with Crippen LogP contribution in [0.5, 0.6) is 0 Å². The summed E-state index contributed by atoms with van der Waals surface area (Å²) < 4.78 is 1.22. The minimum absolute atomic E-state index is 0.277. The van der Waals surface area contributed by atoms with Gasteiger partial charge in [-0.3, -0.25) is 0 Å². The first-order valence-corrected chi connectivity index (χ1v) is 5.76. The molecule has 0 radical (unpaired) electrons. The summed E-state index contributed by atoms with van der Waals surface area (Å²) in [6, 6.07) is 2.37. The first-order chi connectivity index (χ1) is 5.61. The number of halogens is 1. The van der Waals surface area contributed by atoms with Crippen molar-refractivity contribution in [3.05, 3.63) is 20.8 Å². The second-order valence-corrected chi connectivity index (χ2v) is 5.09. The van der Waals surface area contributed by atoms with Crippen molar-refractivity contribution in [1.29, 1.82) is 0 Å². The van der Waals surface area contributed by atoms with Crippen molar-refractivity contribution < 1.29 is 0 Å². The number of nitrogens with two attached hydrogens (primary N) is 1. The SMILES string of the molecule is CC(N)C(C)Cc1sccc1Br. The van der Waals surface area contributed by atoms with E-state index in [9.17, 15) is 0 Å². The fourth-order valence-corrected chi connectivity index (χ4v) is 2.61. The molecule has 0 amide bonds. The summed E-state index contributed by atoms with van der Waals surface area (Å²) in [6.07, 6.45) is 1.08. The molecule has 0 bridgehead atoms. The van der Waals surface area contributed by atoms with Crippen LogP contribution in [0.2, 0.25) is 0 Å². The zero-order valence-corrected chi connectivity index (χ0v) is 9.78. The van der Waals surface area contributed by atoms with Crippen LogP contribution in [-0.2, 0) is 6.42 Å². The third-order valence-corrected chi connectivity index (χ3v) is 4.04. The third-order valence-electron chi connectivity index (χ3n) is 2.10. The smallest absolute Gasteiger partial charge is 0.0314 e. The fourth-order valence-electron chi connectivity index (χ4n) is 0.949.